The van der Waals surface area contributed by atoms with E-state index in [2.05, 4.69) is 99.9 Å². The number of fused-ring (bicyclic) bond motifs is 2. The SMILES string of the molecule is C[Si](C)(C)c1ccc2c(-c3c(Oc4ccc(N)cc4)ccc4cc([Si](C)(C)C)ccc34)c(Oc3ccc(N)cc3)ccc2c1. The van der Waals surface area contributed by atoms with Gasteiger partial charge in [-0.05, 0) is 82.2 Å². The summed E-state index contributed by atoms with van der Waals surface area (Å²) in [5.74, 6) is 2.96. The van der Waals surface area contributed by atoms with Gasteiger partial charge in [0.15, 0.2) is 0 Å². The summed E-state index contributed by atoms with van der Waals surface area (Å²) < 4.78 is 13.3. The lowest BCUT2D eigenvalue weighted by Gasteiger charge is -2.22. The molecule has 0 saturated heterocycles. The molecule has 0 heterocycles. The maximum absolute atomic E-state index is 6.66. The third kappa shape index (κ3) is 5.96. The Labute approximate surface area is 262 Å². The lowest BCUT2D eigenvalue weighted by molar-refractivity contribution is 0.478. The zero-order valence-electron chi connectivity index (χ0n) is 26.4. The van der Waals surface area contributed by atoms with Gasteiger partial charge in [0, 0.05) is 22.5 Å². The van der Waals surface area contributed by atoms with Crippen LogP contribution in [-0.4, -0.2) is 16.1 Å². The van der Waals surface area contributed by atoms with Gasteiger partial charge in [0.25, 0.3) is 0 Å². The van der Waals surface area contributed by atoms with E-state index in [-0.39, 0.29) is 0 Å². The highest BCUT2D eigenvalue weighted by Crippen LogP contribution is 2.47. The summed E-state index contributed by atoms with van der Waals surface area (Å²) in [6.07, 6.45) is 0. The van der Waals surface area contributed by atoms with Crippen molar-refractivity contribution in [3.8, 4) is 34.1 Å². The fourth-order valence-corrected chi connectivity index (χ4v) is 7.91. The van der Waals surface area contributed by atoms with E-state index in [0.29, 0.717) is 11.4 Å². The van der Waals surface area contributed by atoms with Gasteiger partial charge >= 0.3 is 0 Å². The number of nitrogen functional groups attached to an aromatic ring is 2. The summed E-state index contributed by atoms with van der Waals surface area (Å²) in [7, 11) is -3.07. The molecule has 0 fully saturated rings. The highest BCUT2D eigenvalue weighted by molar-refractivity contribution is 6.89. The molecular formula is C38H40N2O2Si2. The Balaban J connectivity index is 1.67. The number of anilines is 2. The highest BCUT2D eigenvalue weighted by atomic mass is 28.3. The van der Waals surface area contributed by atoms with Gasteiger partial charge in [0.1, 0.15) is 23.0 Å². The zero-order chi connectivity index (χ0) is 31.2. The Bertz CT molecular complexity index is 1840. The van der Waals surface area contributed by atoms with Crippen molar-refractivity contribution in [1.29, 1.82) is 0 Å². The third-order valence-electron chi connectivity index (χ3n) is 8.16. The van der Waals surface area contributed by atoms with E-state index >= 15 is 0 Å². The summed E-state index contributed by atoms with van der Waals surface area (Å²) >= 11 is 0. The fraction of sp³-hybridized carbons (Fsp3) is 0.158. The van der Waals surface area contributed by atoms with Crippen LogP contribution in [0.25, 0.3) is 32.7 Å². The van der Waals surface area contributed by atoms with Gasteiger partial charge < -0.3 is 20.9 Å². The summed E-state index contributed by atoms with van der Waals surface area (Å²) in [6, 6.07) is 37.4. The molecule has 0 saturated carbocycles. The molecule has 0 unspecified atom stereocenters. The standard InChI is InChI=1S/C38H40N2O2Si2/c1-43(2,3)31-17-19-33-25(23-31)7-21-35(41-29-13-9-27(39)10-14-29)37(33)38-34-20-18-32(44(4,5)6)24-26(34)8-22-36(38)42-30-15-11-28(40)12-16-30/h7-24H,39-40H2,1-6H3. The van der Waals surface area contributed by atoms with E-state index < -0.39 is 16.1 Å². The molecule has 0 atom stereocenters. The Morgan fingerprint density at radius 1 is 0.432 bits per heavy atom. The largest absolute Gasteiger partial charge is 0.457 e. The smallest absolute Gasteiger partial charge is 0.136 e. The van der Waals surface area contributed by atoms with Crippen molar-refractivity contribution in [3.63, 3.8) is 0 Å². The summed E-state index contributed by atoms with van der Waals surface area (Å²) in [4.78, 5) is 0. The minimum atomic E-state index is -1.54. The van der Waals surface area contributed by atoms with Crippen LogP contribution in [0.4, 0.5) is 11.4 Å². The van der Waals surface area contributed by atoms with Gasteiger partial charge in [-0.25, -0.2) is 0 Å². The van der Waals surface area contributed by atoms with Crippen LogP contribution in [0.5, 0.6) is 23.0 Å². The van der Waals surface area contributed by atoms with Crippen molar-refractivity contribution >= 4 is 59.4 Å². The molecule has 0 bridgehead atoms. The Hall–Kier alpha value is -4.53. The molecule has 4 nitrogen and oxygen atoms in total. The molecule has 0 amide bonds. The van der Waals surface area contributed by atoms with Crippen molar-refractivity contribution in [2.75, 3.05) is 11.5 Å². The molecule has 0 aliphatic rings. The molecule has 6 aromatic rings. The molecule has 6 heteroatoms. The Morgan fingerprint density at radius 2 is 0.795 bits per heavy atom. The first-order valence-corrected chi connectivity index (χ1v) is 22.1. The van der Waals surface area contributed by atoms with Crippen LogP contribution in [0.3, 0.4) is 0 Å². The first-order chi connectivity index (χ1) is 20.9. The summed E-state index contributed by atoms with van der Waals surface area (Å²) in [5, 5.41) is 7.42. The molecule has 0 aromatic heterocycles. The minimum Gasteiger partial charge on any atom is -0.457 e. The van der Waals surface area contributed by atoms with Crippen molar-refractivity contribution < 1.29 is 9.47 Å². The van der Waals surface area contributed by atoms with E-state index in [9.17, 15) is 0 Å². The van der Waals surface area contributed by atoms with Gasteiger partial charge in [0.05, 0.1) is 16.1 Å². The van der Waals surface area contributed by atoms with Crippen molar-refractivity contribution in [1.82, 2.24) is 0 Å². The van der Waals surface area contributed by atoms with Crippen LogP contribution >= 0.6 is 0 Å². The van der Waals surface area contributed by atoms with Crippen LogP contribution in [0.2, 0.25) is 39.3 Å². The van der Waals surface area contributed by atoms with Crippen LogP contribution in [0, 0.1) is 0 Å². The Kier molecular flexibility index (Phi) is 7.52. The molecular weight excluding hydrogens is 573 g/mol. The number of ether oxygens (including phenoxy) is 2. The molecule has 0 radical (unpaired) electrons. The topological polar surface area (TPSA) is 70.5 Å². The fourth-order valence-electron chi connectivity index (χ4n) is 5.56. The Morgan fingerprint density at radius 3 is 1.14 bits per heavy atom. The summed E-state index contributed by atoms with van der Waals surface area (Å²) in [5.41, 5.74) is 15.4. The first-order valence-electron chi connectivity index (χ1n) is 15.1. The zero-order valence-corrected chi connectivity index (χ0v) is 28.4. The average molecular weight is 613 g/mol. The van der Waals surface area contributed by atoms with E-state index in [0.717, 1.165) is 44.9 Å². The van der Waals surface area contributed by atoms with Gasteiger partial charge in [-0.15, -0.1) is 0 Å². The molecule has 222 valence electrons. The van der Waals surface area contributed by atoms with E-state index in [1.165, 1.54) is 21.1 Å². The molecule has 0 aliphatic heterocycles. The number of hydrogen-bond donors (Lipinski definition) is 2. The van der Waals surface area contributed by atoms with Crippen LogP contribution in [0.15, 0.2) is 109 Å². The van der Waals surface area contributed by atoms with Crippen molar-refractivity contribution in [2.45, 2.75) is 39.3 Å². The minimum absolute atomic E-state index is 0.696. The van der Waals surface area contributed by atoms with Crippen molar-refractivity contribution in [3.05, 3.63) is 109 Å². The molecule has 0 aliphatic carbocycles. The lowest BCUT2D eigenvalue weighted by atomic mass is 9.92. The first kappa shape index (κ1) is 29.5. The second kappa shape index (κ2) is 11.2. The monoisotopic (exact) mass is 612 g/mol. The third-order valence-corrected chi connectivity index (χ3v) is 12.2. The van der Waals surface area contributed by atoms with Crippen molar-refractivity contribution in [2.24, 2.45) is 0 Å². The normalized spacial score (nSPS) is 12.0. The lowest BCUT2D eigenvalue weighted by Crippen LogP contribution is -2.37. The maximum Gasteiger partial charge on any atom is 0.136 e. The average Bonchev–Trinajstić information content (AvgIpc) is 2.98. The van der Waals surface area contributed by atoms with E-state index in [1.807, 2.05) is 48.5 Å². The second-order valence-corrected chi connectivity index (χ2v) is 23.7. The summed E-state index contributed by atoms with van der Waals surface area (Å²) in [6.45, 7) is 14.3. The quantitative estimate of drug-likeness (QED) is 0.139. The maximum atomic E-state index is 6.66. The molecule has 6 rings (SSSR count). The molecule has 44 heavy (non-hydrogen) atoms. The molecule has 6 aromatic carbocycles. The van der Waals surface area contributed by atoms with Crippen LogP contribution in [-0.2, 0) is 0 Å². The van der Waals surface area contributed by atoms with Gasteiger partial charge in [-0.2, -0.15) is 0 Å². The molecule has 4 N–H and O–H groups in total. The number of nitrogens with two attached hydrogens (primary N) is 2. The van der Waals surface area contributed by atoms with E-state index in [4.69, 9.17) is 20.9 Å². The van der Waals surface area contributed by atoms with Gasteiger partial charge in [0.2, 0.25) is 0 Å². The predicted molar refractivity (Wildman–Crippen MR) is 195 cm³/mol. The number of rotatable bonds is 7. The van der Waals surface area contributed by atoms with Gasteiger partial charge in [-0.3, -0.25) is 0 Å². The number of hydrogen-bond acceptors (Lipinski definition) is 4. The predicted octanol–water partition coefficient (Wildman–Crippen LogP) is 9.50. The van der Waals surface area contributed by atoms with E-state index in [1.54, 1.807) is 0 Å². The molecule has 0 spiro atoms. The van der Waals surface area contributed by atoms with Crippen LogP contribution in [0.1, 0.15) is 0 Å². The highest BCUT2D eigenvalue weighted by Gasteiger charge is 2.24. The number of benzene rings is 6. The second-order valence-electron chi connectivity index (χ2n) is 13.6. The van der Waals surface area contributed by atoms with Gasteiger partial charge in [-0.1, -0.05) is 98.2 Å². The van der Waals surface area contributed by atoms with Crippen LogP contribution < -0.4 is 31.3 Å².